The van der Waals surface area contributed by atoms with Gasteiger partial charge >= 0.3 is 0 Å². The summed E-state index contributed by atoms with van der Waals surface area (Å²) in [7, 11) is 0. The number of nitro benzene ring substituents is 1. The Morgan fingerprint density at radius 2 is 2.10 bits per heavy atom. The molecule has 1 aliphatic rings. The first kappa shape index (κ1) is 14.4. The first-order valence-corrected chi connectivity index (χ1v) is 6.42. The van der Waals surface area contributed by atoms with Gasteiger partial charge in [0.25, 0.3) is 5.69 Å². The number of nitrogens with zero attached hydrogens (tertiary/aromatic N) is 1. The van der Waals surface area contributed by atoms with Crippen LogP contribution in [-0.2, 0) is 16.0 Å². The summed E-state index contributed by atoms with van der Waals surface area (Å²) in [4.78, 5) is 21.9. The SMILES string of the molecule is NC1COCC1C(=O)NCCc1ccc([N+](=O)[O-])cc1. The first-order chi connectivity index (χ1) is 9.58. The van der Waals surface area contributed by atoms with Crippen LogP contribution in [-0.4, -0.2) is 36.6 Å². The van der Waals surface area contributed by atoms with Crippen molar-refractivity contribution in [2.75, 3.05) is 19.8 Å². The summed E-state index contributed by atoms with van der Waals surface area (Å²) in [6.45, 7) is 1.25. The molecule has 7 heteroatoms. The van der Waals surface area contributed by atoms with Crippen LogP contribution in [0.4, 0.5) is 5.69 Å². The lowest BCUT2D eigenvalue weighted by Gasteiger charge is -2.13. The summed E-state index contributed by atoms with van der Waals surface area (Å²) in [6.07, 6.45) is 0.618. The average Bonchev–Trinajstić information content (AvgIpc) is 2.85. The number of hydrogen-bond donors (Lipinski definition) is 2. The van der Waals surface area contributed by atoms with Crippen molar-refractivity contribution in [2.24, 2.45) is 11.7 Å². The topological polar surface area (TPSA) is 107 Å². The number of non-ortho nitro benzene ring substituents is 1. The molecule has 1 aromatic carbocycles. The Morgan fingerprint density at radius 3 is 2.65 bits per heavy atom. The Morgan fingerprint density at radius 1 is 1.40 bits per heavy atom. The fourth-order valence-corrected chi connectivity index (χ4v) is 2.09. The van der Waals surface area contributed by atoms with Crippen molar-refractivity contribution >= 4 is 11.6 Å². The number of carbonyl (C=O) groups excluding carboxylic acids is 1. The minimum atomic E-state index is -0.437. The summed E-state index contributed by atoms with van der Waals surface area (Å²) < 4.78 is 5.14. The number of amides is 1. The maximum Gasteiger partial charge on any atom is 0.269 e. The van der Waals surface area contributed by atoms with E-state index in [0.29, 0.717) is 26.2 Å². The molecule has 1 amide bonds. The molecule has 1 saturated heterocycles. The van der Waals surface area contributed by atoms with Gasteiger partial charge in [-0.3, -0.25) is 14.9 Å². The Kier molecular flexibility index (Phi) is 4.65. The van der Waals surface area contributed by atoms with E-state index in [0.717, 1.165) is 5.56 Å². The molecule has 2 unspecified atom stereocenters. The Balaban J connectivity index is 1.78. The second-order valence-corrected chi connectivity index (χ2v) is 4.77. The molecule has 1 fully saturated rings. The maximum absolute atomic E-state index is 11.8. The van der Waals surface area contributed by atoms with Gasteiger partial charge in [-0.1, -0.05) is 12.1 Å². The molecule has 3 N–H and O–H groups in total. The van der Waals surface area contributed by atoms with E-state index < -0.39 is 4.92 Å². The molecule has 0 radical (unpaired) electrons. The number of nitrogens with two attached hydrogens (primary N) is 1. The van der Waals surface area contributed by atoms with E-state index in [9.17, 15) is 14.9 Å². The van der Waals surface area contributed by atoms with Crippen LogP contribution >= 0.6 is 0 Å². The molecular weight excluding hydrogens is 262 g/mol. The number of rotatable bonds is 5. The van der Waals surface area contributed by atoms with Crippen LogP contribution in [0.3, 0.4) is 0 Å². The fourth-order valence-electron chi connectivity index (χ4n) is 2.09. The van der Waals surface area contributed by atoms with E-state index in [-0.39, 0.29) is 23.6 Å². The monoisotopic (exact) mass is 279 g/mol. The van der Waals surface area contributed by atoms with Gasteiger partial charge in [-0.25, -0.2) is 0 Å². The molecule has 0 spiro atoms. The maximum atomic E-state index is 11.8. The first-order valence-electron chi connectivity index (χ1n) is 6.42. The zero-order valence-electron chi connectivity index (χ0n) is 11.0. The quantitative estimate of drug-likeness (QED) is 0.592. The van der Waals surface area contributed by atoms with Crippen LogP contribution in [0, 0.1) is 16.0 Å². The Hall–Kier alpha value is -1.99. The van der Waals surface area contributed by atoms with Gasteiger partial charge in [-0.2, -0.15) is 0 Å². The van der Waals surface area contributed by atoms with Gasteiger partial charge in [-0.05, 0) is 12.0 Å². The van der Waals surface area contributed by atoms with Gasteiger partial charge < -0.3 is 15.8 Å². The normalized spacial score (nSPS) is 21.6. The van der Waals surface area contributed by atoms with E-state index >= 15 is 0 Å². The lowest BCUT2D eigenvalue weighted by atomic mass is 10.0. The molecule has 0 aromatic heterocycles. The van der Waals surface area contributed by atoms with Crippen molar-refractivity contribution in [2.45, 2.75) is 12.5 Å². The third-order valence-corrected chi connectivity index (χ3v) is 3.32. The number of hydrogen-bond acceptors (Lipinski definition) is 5. The van der Waals surface area contributed by atoms with Gasteiger partial charge in [0.2, 0.25) is 5.91 Å². The number of ether oxygens (including phenoxy) is 1. The molecule has 1 heterocycles. The molecular formula is C13H17N3O4. The van der Waals surface area contributed by atoms with Crippen molar-refractivity contribution in [3.05, 3.63) is 39.9 Å². The zero-order chi connectivity index (χ0) is 14.5. The van der Waals surface area contributed by atoms with Gasteiger partial charge in [0.05, 0.1) is 24.1 Å². The molecule has 0 saturated carbocycles. The third kappa shape index (κ3) is 3.52. The molecule has 20 heavy (non-hydrogen) atoms. The second kappa shape index (κ2) is 6.44. The predicted molar refractivity (Wildman–Crippen MR) is 72.1 cm³/mol. The molecule has 0 bridgehead atoms. The highest BCUT2D eigenvalue weighted by molar-refractivity contribution is 5.79. The molecule has 0 aliphatic carbocycles. The van der Waals surface area contributed by atoms with Gasteiger partial charge in [0.1, 0.15) is 0 Å². The number of benzene rings is 1. The summed E-state index contributed by atoms with van der Waals surface area (Å²) in [5.74, 6) is -0.385. The van der Waals surface area contributed by atoms with E-state index in [2.05, 4.69) is 5.32 Å². The summed E-state index contributed by atoms with van der Waals surface area (Å²) in [6, 6.07) is 6.05. The van der Waals surface area contributed by atoms with Crippen LogP contribution in [0.2, 0.25) is 0 Å². The van der Waals surface area contributed by atoms with Crippen molar-refractivity contribution in [3.8, 4) is 0 Å². The van der Waals surface area contributed by atoms with Gasteiger partial charge in [0.15, 0.2) is 0 Å². The van der Waals surface area contributed by atoms with Crippen molar-refractivity contribution in [1.82, 2.24) is 5.32 Å². The summed E-state index contributed by atoms with van der Waals surface area (Å²) in [5.41, 5.74) is 6.75. The van der Waals surface area contributed by atoms with Crippen LogP contribution in [0.1, 0.15) is 5.56 Å². The van der Waals surface area contributed by atoms with Crippen molar-refractivity contribution < 1.29 is 14.5 Å². The zero-order valence-corrected chi connectivity index (χ0v) is 11.0. The van der Waals surface area contributed by atoms with Crippen molar-refractivity contribution in [1.29, 1.82) is 0 Å². The van der Waals surface area contributed by atoms with Crippen LogP contribution < -0.4 is 11.1 Å². The van der Waals surface area contributed by atoms with E-state index in [1.54, 1.807) is 12.1 Å². The van der Waals surface area contributed by atoms with Crippen LogP contribution in [0.5, 0.6) is 0 Å². The molecule has 7 nitrogen and oxygen atoms in total. The van der Waals surface area contributed by atoms with Gasteiger partial charge in [-0.15, -0.1) is 0 Å². The van der Waals surface area contributed by atoms with Gasteiger partial charge in [0, 0.05) is 24.7 Å². The molecule has 1 aromatic rings. The number of nitrogens with one attached hydrogen (secondary N) is 1. The smallest absolute Gasteiger partial charge is 0.269 e. The number of nitro groups is 1. The highest BCUT2D eigenvalue weighted by atomic mass is 16.6. The summed E-state index contributed by atoms with van der Waals surface area (Å²) >= 11 is 0. The highest BCUT2D eigenvalue weighted by Gasteiger charge is 2.30. The van der Waals surface area contributed by atoms with E-state index in [1.165, 1.54) is 12.1 Å². The Bertz CT molecular complexity index is 489. The van der Waals surface area contributed by atoms with Crippen molar-refractivity contribution in [3.63, 3.8) is 0 Å². The lowest BCUT2D eigenvalue weighted by molar-refractivity contribution is -0.384. The second-order valence-electron chi connectivity index (χ2n) is 4.77. The van der Waals surface area contributed by atoms with E-state index in [4.69, 9.17) is 10.5 Å². The minimum absolute atomic E-state index is 0.0619. The highest BCUT2D eigenvalue weighted by Crippen LogP contribution is 2.13. The molecule has 2 atom stereocenters. The minimum Gasteiger partial charge on any atom is -0.379 e. The Labute approximate surface area is 116 Å². The standard InChI is InChI=1S/C13H17N3O4/c14-12-8-20-7-11(12)13(17)15-6-5-9-1-3-10(4-2-9)16(18)19/h1-4,11-12H,5-8,14H2,(H,15,17). The van der Waals surface area contributed by atoms with Crippen LogP contribution in [0.25, 0.3) is 0 Å². The van der Waals surface area contributed by atoms with E-state index in [1.807, 2.05) is 0 Å². The third-order valence-electron chi connectivity index (χ3n) is 3.32. The average molecular weight is 279 g/mol. The molecule has 108 valence electrons. The lowest BCUT2D eigenvalue weighted by Crippen LogP contribution is -2.41. The van der Waals surface area contributed by atoms with Crippen LogP contribution in [0.15, 0.2) is 24.3 Å². The predicted octanol–water partition coefficient (Wildman–Crippen LogP) is 0.227. The molecule has 1 aliphatic heterocycles. The fraction of sp³-hybridized carbons (Fsp3) is 0.462. The molecule has 2 rings (SSSR count). The summed E-state index contributed by atoms with van der Waals surface area (Å²) in [5, 5.41) is 13.3. The largest absolute Gasteiger partial charge is 0.379 e. The number of carbonyl (C=O) groups is 1.